The molecular formula is C14H16ClN3O3. The van der Waals surface area contributed by atoms with E-state index in [1.54, 1.807) is 24.3 Å². The molecule has 6 nitrogen and oxygen atoms in total. The first-order valence-corrected chi connectivity index (χ1v) is 6.93. The Hall–Kier alpha value is -1.89. The molecule has 21 heavy (non-hydrogen) atoms. The normalized spacial score (nSPS) is 10.8. The Balaban J connectivity index is 2.16. The van der Waals surface area contributed by atoms with Crippen LogP contribution >= 0.6 is 11.6 Å². The molecule has 0 unspecified atom stereocenters. The van der Waals surface area contributed by atoms with Gasteiger partial charge >= 0.3 is 0 Å². The highest BCUT2D eigenvalue weighted by molar-refractivity contribution is 6.30. The van der Waals surface area contributed by atoms with Crippen LogP contribution in [0.5, 0.6) is 0 Å². The van der Waals surface area contributed by atoms with E-state index in [1.165, 1.54) is 6.07 Å². The Labute approximate surface area is 127 Å². The van der Waals surface area contributed by atoms with Gasteiger partial charge in [0.2, 0.25) is 0 Å². The highest BCUT2D eigenvalue weighted by atomic mass is 35.5. The number of furan rings is 1. The molecule has 0 spiro atoms. The average Bonchev–Trinajstić information content (AvgIpc) is 2.92. The van der Waals surface area contributed by atoms with Gasteiger partial charge in [-0.1, -0.05) is 11.6 Å². The summed E-state index contributed by atoms with van der Waals surface area (Å²) >= 11 is 5.80. The zero-order chi connectivity index (χ0) is 15.2. The fourth-order valence-corrected chi connectivity index (χ4v) is 2.09. The summed E-state index contributed by atoms with van der Waals surface area (Å²) in [4.78, 5) is 10.6. The zero-order valence-corrected chi connectivity index (χ0v) is 12.1. The molecule has 1 aromatic heterocycles. The van der Waals surface area contributed by atoms with Crippen LogP contribution in [0.2, 0.25) is 5.02 Å². The van der Waals surface area contributed by atoms with Gasteiger partial charge in [-0.3, -0.25) is 10.1 Å². The second kappa shape index (κ2) is 7.21. The SMILES string of the molecule is NCCCNCc1ccc(-c2ccc(Cl)cc2[N+](=O)[O-])o1. The van der Waals surface area contributed by atoms with Crippen molar-refractivity contribution in [1.82, 2.24) is 5.32 Å². The molecule has 0 aliphatic rings. The van der Waals surface area contributed by atoms with Crippen LogP contribution in [0.4, 0.5) is 5.69 Å². The fraction of sp³-hybridized carbons (Fsp3) is 0.286. The molecule has 0 saturated heterocycles. The molecule has 1 aromatic carbocycles. The van der Waals surface area contributed by atoms with E-state index in [0.717, 1.165) is 13.0 Å². The molecule has 7 heteroatoms. The molecule has 0 atom stereocenters. The topological polar surface area (TPSA) is 94.3 Å². The van der Waals surface area contributed by atoms with E-state index in [9.17, 15) is 10.1 Å². The lowest BCUT2D eigenvalue weighted by Gasteiger charge is -2.02. The third-order valence-electron chi connectivity index (χ3n) is 2.94. The van der Waals surface area contributed by atoms with Crippen molar-refractivity contribution >= 4 is 17.3 Å². The maximum absolute atomic E-state index is 11.1. The number of hydrogen-bond donors (Lipinski definition) is 2. The van der Waals surface area contributed by atoms with E-state index in [2.05, 4.69) is 5.32 Å². The van der Waals surface area contributed by atoms with Gasteiger partial charge in [-0.15, -0.1) is 0 Å². The zero-order valence-electron chi connectivity index (χ0n) is 11.3. The van der Waals surface area contributed by atoms with Crippen molar-refractivity contribution in [2.45, 2.75) is 13.0 Å². The van der Waals surface area contributed by atoms with E-state index < -0.39 is 4.92 Å². The van der Waals surface area contributed by atoms with Crippen LogP contribution in [0.3, 0.4) is 0 Å². The molecule has 0 bridgehead atoms. The van der Waals surface area contributed by atoms with E-state index in [0.29, 0.717) is 35.2 Å². The fourth-order valence-electron chi connectivity index (χ4n) is 1.92. The molecule has 0 radical (unpaired) electrons. The van der Waals surface area contributed by atoms with Gasteiger partial charge < -0.3 is 15.5 Å². The van der Waals surface area contributed by atoms with Crippen LogP contribution in [0, 0.1) is 10.1 Å². The molecule has 0 saturated carbocycles. The number of rotatable bonds is 7. The van der Waals surface area contributed by atoms with E-state index in [1.807, 2.05) is 0 Å². The smallest absolute Gasteiger partial charge is 0.281 e. The van der Waals surface area contributed by atoms with E-state index >= 15 is 0 Å². The summed E-state index contributed by atoms with van der Waals surface area (Å²) < 4.78 is 5.64. The quantitative estimate of drug-likeness (QED) is 0.466. The third kappa shape index (κ3) is 4.04. The first-order valence-electron chi connectivity index (χ1n) is 6.55. The third-order valence-corrected chi connectivity index (χ3v) is 3.18. The van der Waals surface area contributed by atoms with Gasteiger partial charge in [0, 0.05) is 11.1 Å². The highest BCUT2D eigenvalue weighted by Crippen LogP contribution is 2.33. The van der Waals surface area contributed by atoms with Crippen molar-refractivity contribution in [2.24, 2.45) is 5.73 Å². The number of nitrogens with zero attached hydrogens (tertiary/aromatic N) is 1. The number of halogens is 1. The minimum atomic E-state index is -0.469. The van der Waals surface area contributed by atoms with Gasteiger partial charge in [-0.2, -0.15) is 0 Å². The van der Waals surface area contributed by atoms with E-state index in [-0.39, 0.29) is 5.69 Å². The van der Waals surface area contributed by atoms with Crippen molar-refractivity contribution in [3.8, 4) is 11.3 Å². The van der Waals surface area contributed by atoms with Crippen LogP contribution in [0.25, 0.3) is 11.3 Å². The number of nitrogens with two attached hydrogens (primary N) is 1. The van der Waals surface area contributed by atoms with Crippen molar-refractivity contribution in [1.29, 1.82) is 0 Å². The van der Waals surface area contributed by atoms with Crippen molar-refractivity contribution in [3.63, 3.8) is 0 Å². The predicted molar refractivity (Wildman–Crippen MR) is 81.2 cm³/mol. The van der Waals surface area contributed by atoms with Crippen LogP contribution < -0.4 is 11.1 Å². The van der Waals surface area contributed by atoms with Crippen LogP contribution in [-0.2, 0) is 6.54 Å². The summed E-state index contributed by atoms with van der Waals surface area (Å²) in [5.41, 5.74) is 5.75. The molecular weight excluding hydrogens is 294 g/mol. The second-order valence-corrected chi connectivity index (χ2v) is 4.94. The number of nitro benzene ring substituents is 1. The average molecular weight is 310 g/mol. The van der Waals surface area contributed by atoms with Gasteiger partial charge in [0.1, 0.15) is 11.5 Å². The first kappa shape index (κ1) is 15.5. The Kier molecular flexibility index (Phi) is 5.32. The second-order valence-electron chi connectivity index (χ2n) is 4.50. The molecule has 0 aliphatic heterocycles. The Morgan fingerprint density at radius 1 is 1.33 bits per heavy atom. The largest absolute Gasteiger partial charge is 0.459 e. The van der Waals surface area contributed by atoms with Crippen molar-refractivity contribution in [3.05, 3.63) is 51.2 Å². The minimum Gasteiger partial charge on any atom is -0.459 e. The van der Waals surface area contributed by atoms with E-state index in [4.69, 9.17) is 21.8 Å². The lowest BCUT2D eigenvalue weighted by atomic mass is 10.1. The molecule has 112 valence electrons. The predicted octanol–water partition coefficient (Wildman–Crippen LogP) is 2.95. The standard InChI is InChI=1S/C14H16ClN3O3/c15-10-2-4-12(13(8-10)18(19)20)14-5-3-11(21-14)9-17-7-1-6-16/h2-5,8,17H,1,6-7,9,16H2. The van der Waals surface area contributed by atoms with Crippen LogP contribution in [0.1, 0.15) is 12.2 Å². The number of benzene rings is 1. The van der Waals surface area contributed by atoms with Gasteiger partial charge in [-0.25, -0.2) is 0 Å². The molecule has 0 fully saturated rings. The minimum absolute atomic E-state index is 0.0699. The number of nitro groups is 1. The van der Waals surface area contributed by atoms with Gasteiger partial charge in [-0.05, 0) is 43.8 Å². The Bertz CT molecular complexity index is 628. The monoisotopic (exact) mass is 309 g/mol. The molecule has 0 amide bonds. The van der Waals surface area contributed by atoms with Gasteiger partial charge in [0.15, 0.2) is 0 Å². The highest BCUT2D eigenvalue weighted by Gasteiger charge is 2.18. The van der Waals surface area contributed by atoms with Gasteiger partial charge in [0.05, 0.1) is 17.0 Å². The summed E-state index contributed by atoms with van der Waals surface area (Å²) in [7, 11) is 0. The molecule has 3 N–H and O–H groups in total. The first-order chi connectivity index (χ1) is 10.1. The molecule has 1 heterocycles. The maximum Gasteiger partial charge on any atom is 0.281 e. The lowest BCUT2D eigenvalue weighted by Crippen LogP contribution is -2.17. The molecule has 2 aromatic rings. The maximum atomic E-state index is 11.1. The lowest BCUT2D eigenvalue weighted by molar-refractivity contribution is -0.384. The Morgan fingerprint density at radius 3 is 2.86 bits per heavy atom. The molecule has 0 aliphatic carbocycles. The van der Waals surface area contributed by atoms with Crippen molar-refractivity contribution < 1.29 is 9.34 Å². The Morgan fingerprint density at radius 2 is 2.14 bits per heavy atom. The summed E-state index contributed by atoms with van der Waals surface area (Å²) in [5, 5.41) is 14.6. The van der Waals surface area contributed by atoms with Crippen LogP contribution in [0.15, 0.2) is 34.7 Å². The van der Waals surface area contributed by atoms with Crippen molar-refractivity contribution in [2.75, 3.05) is 13.1 Å². The van der Waals surface area contributed by atoms with Gasteiger partial charge in [0.25, 0.3) is 5.69 Å². The summed E-state index contributed by atoms with van der Waals surface area (Å²) in [5.74, 6) is 1.17. The number of nitrogens with one attached hydrogen (secondary N) is 1. The van der Waals surface area contributed by atoms with Crippen LogP contribution in [-0.4, -0.2) is 18.0 Å². The summed E-state index contributed by atoms with van der Waals surface area (Å²) in [6.07, 6.45) is 0.885. The summed E-state index contributed by atoms with van der Waals surface area (Å²) in [6.45, 7) is 1.99. The molecule has 2 rings (SSSR count). The number of hydrogen-bond acceptors (Lipinski definition) is 5. The summed E-state index contributed by atoms with van der Waals surface area (Å²) in [6, 6.07) is 8.02.